The summed E-state index contributed by atoms with van der Waals surface area (Å²) in [4.78, 5) is 15.2. The Kier molecular flexibility index (Phi) is 5.23. The molecule has 1 aromatic heterocycles. The number of nitrogen functional groups attached to an aromatic ring is 1. The number of nitrogens with zero attached hydrogens (tertiary/aromatic N) is 1. The van der Waals surface area contributed by atoms with Crippen molar-refractivity contribution in [2.24, 2.45) is 0 Å². The van der Waals surface area contributed by atoms with E-state index in [1.807, 2.05) is 13.8 Å². The monoisotopic (exact) mass is 253 g/mol. The Hall–Kier alpha value is -1.98. The van der Waals surface area contributed by atoms with Crippen LogP contribution < -0.4 is 15.8 Å². The highest BCUT2D eigenvalue weighted by molar-refractivity contribution is 5.69. The number of carbonyl (C=O) groups excluding carboxylic acids is 1. The van der Waals surface area contributed by atoms with E-state index in [9.17, 15) is 4.79 Å². The molecule has 100 valence electrons. The maximum atomic E-state index is 10.9. The van der Waals surface area contributed by atoms with Gasteiger partial charge in [-0.15, -0.1) is 0 Å². The van der Waals surface area contributed by atoms with E-state index in [2.05, 4.69) is 15.0 Å². The summed E-state index contributed by atoms with van der Waals surface area (Å²) >= 11 is 0. The van der Waals surface area contributed by atoms with Gasteiger partial charge in [-0.05, 0) is 26.0 Å². The van der Waals surface area contributed by atoms with E-state index in [0.717, 1.165) is 0 Å². The second-order valence-corrected chi connectivity index (χ2v) is 4.01. The Balaban J connectivity index is 2.58. The van der Waals surface area contributed by atoms with Crippen molar-refractivity contribution in [1.82, 2.24) is 4.98 Å². The maximum Gasteiger partial charge on any atom is 0.307 e. The summed E-state index contributed by atoms with van der Waals surface area (Å²) < 4.78 is 10.0. The summed E-state index contributed by atoms with van der Waals surface area (Å²) in [5.41, 5.74) is 6.23. The third kappa shape index (κ3) is 4.48. The summed E-state index contributed by atoms with van der Waals surface area (Å²) in [5, 5.41) is 3.00. The van der Waals surface area contributed by atoms with Gasteiger partial charge in [0.1, 0.15) is 5.82 Å². The molecular weight excluding hydrogens is 234 g/mol. The van der Waals surface area contributed by atoms with Crippen LogP contribution in [0.2, 0.25) is 0 Å². The van der Waals surface area contributed by atoms with Crippen LogP contribution >= 0.6 is 0 Å². The van der Waals surface area contributed by atoms with Gasteiger partial charge in [-0.2, -0.15) is 4.98 Å². The highest BCUT2D eigenvalue weighted by Gasteiger charge is 2.07. The van der Waals surface area contributed by atoms with E-state index in [1.54, 1.807) is 12.1 Å². The molecule has 6 nitrogen and oxygen atoms in total. The van der Waals surface area contributed by atoms with Gasteiger partial charge >= 0.3 is 5.97 Å². The number of aromatic nitrogens is 1. The molecule has 0 saturated carbocycles. The Bertz CT molecular complexity index is 408. The fourth-order valence-electron chi connectivity index (χ4n) is 1.26. The molecule has 0 spiro atoms. The molecule has 1 heterocycles. The van der Waals surface area contributed by atoms with Crippen LogP contribution in [0.3, 0.4) is 0 Å². The lowest BCUT2D eigenvalue weighted by atomic mass is 10.3. The number of rotatable bonds is 6. The van der Waals surface area contributed by atoms with Gasteiger partial charge in [0.2, 0.25) is 5.88 Å². The molecule has 0 unspecified atom stereocenters. The van der Waals surface area contributed by atoms with Crippen molar-refractivity contribution >= 4 is 17.5 Å². The van der Waals surface area contributed by atoms with Gasteiger partial charge in [0.25, 0.3) is 0 Å². The molecule has 0 aliphatic heterocycles. The second-order valence-electron chi connectivity index (χ2n) is 4.01. The molecule has 0 atom stereocenters. The van der Waals surface area contributed by atoms with Crippen LogP contribution in [-0.2, 0) is 9.53 Å². The summed E-state index contributed by atoms with van der Waals surface area (Å²) in [7, 11) is 1.36. The molecule has 0 aromatic carbocycles. The van der Waals surface area contributed by atoms with E-state index in [-0.39, 0.29) is 18.5 Å². The average molecular weight is 253 g/mol. The molecule has 1 rings (SSSR count). The van der Waals surface area contributed by atoms with Crippen LogP contribution in [0, 0.1) is 0 Å². The molecule has 0 aliphatic carbocycles. The van der Waals surface area contributed by atoms with Crippen molar-refractivity contribution in [3.05, 3.63) is 12.1 Å². The van der Waals surface area contributed by atoms with Crippen molar-refractivity contribution in [2.45, 2.75) is 26.4 Å². The zero-order valence-corrected chi connectivity index (χ0v) is 10.9. The number of nitrogens with one attached hydrogen (secondary N) is 1. The number of pyridine rings is 1. The van der Waals surface area contributed by atoms with Crippen LogP contribution in [0.4, 0.5) is 11.5 Å². The Morgan fingerprint density at radius 1 is 1.50 bits per heavy atom. The minimum Gasteiger partial charge on any atom is -0.473 e. The molecular formula is C12H19N3O3. The topological polar surface area (TPSA) is 86.5 Å². The predicted molar refractivity (Wildman–Crippen MR) is 69.5 cm³/mol. The molecule has 0 amide bonds. The minimum absolute atomic E-state index is 0.00474. The van der Waals surface area contributed by atoms with Gasteiger partial charge in [0.05, 0.1) is 25.3 Å². The molecule has 0 saturated heterocycles. The third-order valence-electron chi connectivity index (χ3n) is 2.10. The van der Waals surface area contributed by atoms with Gasteiger partial charge in [-0.3, -0.25) is 4.79 Å². The van der Waals surface area contributed by atoms with Crippen molar-refractivity contribution in [1.29, 1.82) is 0 Å². The summed E-state index contributed by atoms with van der Waals surface area (Å²) in [6, 6.07) is 3.45. The average Bonchev–Trinajstić information content (AvgIpc) is 2.32. The number of hydrogen-bond donors (Lipinski definition) is 2. The predicted octanol–water partition coefficient (Wildman–Crippen LogP) is 1.43. The summed E-state index contributed by atoms with van der Waals surface area (Å²) in [6.07, 6.45) is 0.285. The first-order valence-electron chi connectivity index (χ1n) is 5.76. The van der Waals surface area contributed by atoms with E-state index in [1.165, 1.54) is 7.11 Å². The number of nitrogens with two attached hydrogens (primary N) is 1. The fraction of sp³-hybridized carbons (Fsp3) is 0.500. The molecule has 6 heteroatoms. The van der Waals surface area contributed by atoms with E-state index in [0.29, 0.717) is 23.9 Å². The molecule has 0 aliphatic rings. The Labute approximate surface area is 106 Å². The Morgan fingerprint density at radius 2 is 2.22 bits per heavy atom. The SMILES string of the molecule is COC(=O)CCNc1ccc(N)c(OC(C)C)n1. The van der Waals surface area contributed by atoms with Gasteiger partial charge in [0, 0.05) is 6.54 Å². The van der Waals surface area contributed by atoms with Crippen LogP contribution in [0.5, 0.6) is 5.88 Å². The number of hydrogen-bond acceptors (Lipinski definition) is 6. The number of methoxy groups -OCH3 is 1. The van der Waals surface area contributed by atoms with E-state index in [4.69, 9.17) is 10.5 Å². The van der Waals surface area contributed by atoms with Crippen molar-refractivity contribution in [3.63, 3.8) is 0 Å². The molecule has 3 N–H and O–H groups in total. The highest BCUT2D eigenvalue weighted by atomic mass is 16.5. The van der Waals surface area contributed by atoms with E-state index >= 15 is 0 Å². The number of carbonyl (C=O) groups is 1. The Morgan fingerprint density at radius 3 is 2.83 bits per heavy atom. The smallest absolute Gasteiger partial charge is 0.307 e. The van der Waals surface area contributed by atoms with Crippen LogP contribution in [0.1, 0.15) is 20.3 Å². The van der Waals surface area contributed by atoms with Crippen LogP contribution in [0.15, 0.2) is 12.1 Å². The maximum absolute atomic E-state index is 10.9. The van der Waals surface area contributed by atoms with E-state index < -0.39 is 0 Å². The number of anilines is 2. The first-order valence-corrected chi connectivity index (χ1v) is 5.76. The summed E-state index contributed by atoms with van der Waals surface area (Å²) in [5.74, 6) is 0.744. The number of ether oxygens (including phenoxy) is 2. The molecule has 18 heavy (non-hydrogen) atoms. The van der Waals surface area contributed by atoms with Crippen molar-refractivity contribution in [2.75, 3.05) is 24.7 Å². The lowest BCUT2D eigenvalue weighted by Crippen LogP contribution is -2.12. The largest absolute Gasteiger partial charge is 0.473 e. The van der Waals surface area contributed by atoms with Gasteiger partial charge in [-0.1, -0.05) is 0 Å². The van der Waals surface area contributed by atoms with Crippen molar-refractivity contribution in [3.8, 4) is 5.88 Å². The van der Waals surface area contributed by atoms with Gasteiger partial charge in [-0.25, -0.2) is 0 Å². The standard InChI is InChI=1S/C12H19N3O3/c1-8(2)18-12-9(13)4-5-10(15-12)14-7-6-11(16)17-3/h4-5,8H,6-7,13H2,1-3H3,(H,14,15). The molecule has 0 bridgehead atoms. The fourth-order valence-corrected chi connectivity index (χ4v) is 1.26. The lowest BCUT2D eigenvalue weighted by Gasteiger charge is -2.12. The molecule has 0 radical (unpaired) electrons. The highest BCUT2D eigenvalue weighted by Crippen LogP contribution is 2.21. The van der Waals surface area contributed by atoms with Crippen molar-refractivity contribution < 1.29 is 14.3 Å². The third-order valence-corrected chi connectivity index (χ3v) is 2.10. The normalized spacial score (nSPS) is 10.2. The number of esters is 1. The molecule has 0 fully saturated rings. The summed E-state index contributed by atoms with van der Waals surface area (Å²) in [6.45, 7) is 4.25. The van der Waals surface area contributed by atoms with Crippen LogP contribution in [0.25, 0.3) is 0 Å². The first-order chi connectivity index (χ1) is 8.52. The van der Waals surface area contributed by atoms with Gasteiger partial charge in [0.15, 0.2) is 0 Å². The lowest BCUT2D eigenvalue weighted by molar-refractivity contribution is -0.140. The quantitative estimate of drug-likeness (QED) is 0.746. The minimum atomic E-state index is -0.267. The zero-order chi connectivity index (χ0) is 13.5. The first kappa shape index (κ1) is 14.1. The zero-order valence-electron chi connectivity index (χ0n) is 10.9. The second kappa shape index (κ2) is 6.68. The van der Waals surface area contributed by atoms with Crippen LogP contribution in [-0.4, -0.2) is 30.7 Å². The van der Waals surface area contributed by atoms with Gasteiger partial charge < -0.3 is 20.5 Å². The molecule has 1 aromatic rings.